The molecule has 2 unspecified atom stereocenters. The van der Waals surface area contributed by atoms with Gasteiger partial charge >= 0.3 is 0 Å². The summed E-state index contributed by atoms with van der Waals surface area (Å²) in [7, 11) is 0. The second-order valence-electron chi connectivity index (χ2n) is 5.23. The van der Waals surface area contributed by atoms with E-state index in [1.165, 1.54) is 11.6 Å². The maximum atomic E-state index is 13.6. The second-order valence-corrected chi connectivity index (χ2v) is 6.09. The fourth-order valence-electron chi connectivity index (χ4n) is 2.73. The Morgan fingerprint density at radius 2 is 2.10 bits per heavy atom. The third-order valence-corrected chi connectivity index (χ3v) is 4.50. The van der Waals surface area contributed by atoms with Crippen molar-refractivity contribution >= 4 is 15.9 Å². The Morgan fingerprint density at radius 3 is 2.90 bits per heavy atom. The molecule has 2 atom stereocenters. The highest BCUT2D eigenvalue weighted by molar-refractivity contribution is 9.10. The van der Waals surface area contributed by atoms with Crippen molar-refractivity contribution in [3.05, 3.63) is 69.4 Å². The van der Waals surface area contributed by atoms with Crippen LogP contribution in [0.25, 0.3) is 0 Å². The zero-order chi connectivity index (χ0) is 14.8. The van der Waals surface area contributed by atoms with Crippen LogP contribution in [0.3, 0.4) is 0 Å². The van der Waals surface area contributed by atoms with E-state index in [4.69, 9.17) is 4.74 Å². The van der Waals surface area contributed by atoms with Gasteiger partial charge in [-0.05, 0) is 51.2 Å². The molecular formula is C17H16BrFO2. The van der Waals surface area contributed by atoms with Gasteiger partial charge in [-0.15, -0.1) is 0 Å². The molecule has 0 spiro atoms. The van der Waals surface area contributed by atoms with Crippen LogP contribution in [-0.4, -0.2) is 11.7 Å². The van der Waals surface area contributed by atoms with E-state index < -0.39 is 6.10 Å². The number of benzene rings is 2. The Balaban J connectivity index is 1.79. The molecule has 1 heterocycles. The van der Waals surface area contributed by atoms with Gasteiger partial charge in [-0.1, -0.05) is 30.3 Å². The van der Waals surface area contributed by atoms with Crippen molar-refractivity contribution in [1.82, 2.24) is 0 Å². The minimum Gasteiger partial charge on any atom is -0.388 e. The standard InChI is InChI=1S/C17H16BrFO2/c18-14-6-5-12(9-15(14)19)16(20)10-17-13-4-2-1-3-11(13)7-8-21-17/h1-6,9,16-17,20H,7-8,10H2. The zero-order valence-electron chi connectivity index (χ0n) is 11.4. The Kier molecular flexibility index (Phi) is 4.38. The molecule has 0 saturated heterocycles. The van der Waals surface area contributed by atoms with Crippen molar-refractivity contribution in [3.63, 3.8) is 0 Å². The van der Waals surface area contributed by atoms with Gasteiger partial charge in [-0.25, -0.2) is 4.39 Å². The third-order valence-electron chi connectivity index (χ3n) is 3.86. The topological polar surface area (TPSA) is 29.5 Å². The summed E-state index contributed by atoms with van der Waals surface area (Å²) < 4.78 is 19.8. The van der Waals surface area contributed by atoms with Crippen LogP contribution in [0, 0.1) is 5.82 Å². The first-order chi connectivity index (χ1) is 10.1. The van der Waals surface area contributed by atoms with Crippen molar-refractivity contribution in [3.8, 4) is 0 Å². The average Bonchev–Trinajstić information content (AvgIpc) is 2.50. The third kappa shape index (κ3) is 3.18. The van der Waals surface area contributed by atoms with Crippen molar-refractivity contribution in [2.45, 2.75) is 25.0 Å². The normalized spacial score (nSPS) is 19.1. The maximum absolute atomic E-state index is 13.6. The Bertz CT molecular complexity index is 644. The molecule has 21 heavy (non-hydrogen) atoms. The fourth-order valence-corrected chi connectivity index (χ4v) is 2.98. The van der Waals surface area contributed by atoms with E-state index in [2.05, 4.69) is 22.0 Å². The second kappa shape index (κ2) is 6.26. The molecular weight excluding hydrogens is 335 g/mol. The summed E-state index contributed by atoms with van der Waals surface area (Å²) in [5, 5.41) is 10.4. The molecule has 3 rings (SSSR count). The predicted octanol–water partition coefficient (Wildman–Crippen LogP) is 4.33. The number of hydrogen-bond donors (Lipinski definition) is 1. The smallest absolute Gasteiger partial charge is 0.137 e. The highest BCUT2D eigenvalue weighted by Crippen LogP contribution is 2.34. The zero-order valence-corrected chi connectivity index (χ0v) is 13.0. The quantitative estimate of drug-likeness (QED) is 0.892. The lowest BCUT2D eigenvalue weighted by atomic mass is 9.92. The summed E-state index contributed by atoms with van der Waals surface area (Å²) in [6, 6.07) is 12.8. The van der Waals surface area contributed by atoms with Gasteiger partial charge in [0.05, 0.1) is 23.3 Å². The molecule has 2 aromatic carbocycles. The molecule has 0 radical (unpaired) electrons. The van der Waals surface area contributed by atoms with Crippen LogP contribution in [0.15, 0.2) is 46.9 Å². The molecule has 4 heteroatoms. The van der Waals surface area contributed by atoms with E-state index >= 15 is 0 Å². The molecule has 110 valence electrons. The number of halogens is 2. The van der Waals surface area contributed by atoms with Crippen LogP contribution < -0.4 is 0 Å². The molecule has 1 N–H and O–H groups in total. The molecule has 0 amide bonds. The first-order valence-electron chi connectivity index (χ1n) is 6.97. The number of ether oxygens (including phenoxy) is 1. The van der Waals surface area contributed by atoms with E-state index in [1.54, 1.807) is 12.1 Å². The molecule has 1 aliphatic rings. The molecule has 0 fully saturated rings. The molecule has 2 nitrogen and oxygen atoms in total. The number of aliphatic hydroxyl groups excluding tert-OH is 1. The van der Waals surface area contributed by atoms with E-state index in [0.29, 0.717) is 23.1 Å². The number of hydrogen-bond acceptors (Lipinski definition) is 2. The van der Waals surface area contributed by atoms with E-state index in [1.807, 2.05) is 18.2 Å². The van der Waals surface area contributed by atoms with Gasteiger partial charge in [0.1, 0.15) is 5.82 Å². The largest absolute Gasteiger partial charge is 0.388 e. The van der Waals surface area contributed by atoms with Crippen molar-refractivity contribution < 1.29 is 14.2 Å². The van der Waals surface area contributed by atoms with Crippen LogP contribution in [0.4, 0.5) is 4.39 Å². The summed E-state index contributed by atoms with van der Waals surface area (Å²) in [6.45, 7) is 0.656. The van der Waals surface area contributed by atoms with Crippen molar-refractivity contribution in [1.29, 1.82) is 0 Å². The Hall–Kier alpha value is -1.23. The Morgan fingerprint density at radius 1 is 1.29 bits per heavy atom. The van der Waals surface area contributed by atoms with E-state index in [-0.39, 0.29) is 11.9 Å². The lowest BCUT2D eigenvalue weighted by molar-refractivity contribution is 0.00370. The maximum Gasteiger partial charge on any atom is 0.137 e. The summed E-state index contributed by atoms with van der Waals surface area (Å²) in [5.74, 6) is -0.364. The van der Waals surface area contributed by atoms with Crippen LogP contribution in [0.5, 0.6) is 0 Å². The fraction of sp³-hybridized carbons (Fsp3) is 0.294. The molecule has 2 aromatic rings. The minimum absolute atomic E-state index is 0.142. The number of fused-ring (bicyclic) bond motifs is 1. The van der Waals surface area contributed by atoms with Gasteiger partial charge in [0.2, 0.25) is 0 Å². The monoisotopic (exact) mass is 350 g/mol. The van der Waals surface area contributed by atoms with Crippen LogP contribution in [0.2, 0.25) is 0 Å². The van der Waals surface area contributed by atoms with Gasteiger partial charge < -0.3 is 9.84 Å². The highest BCUT2D eigenvalue weighted by atomic mass is 79.9. The first-order valence-corrected chi connectivity index (χ1v) is 7.77. The highest BCUT2D eigenvalue weighted by Gasteiger charge is 2.24. The lowest BCUT2D eigenvalue weighted by Gasteiger charge is -2.27. The van der Waals surface area contributed by atoms with Crippen LogP contribution in [-0.2, 0) is 11.2 Å². The number of aliphatic hydroxyl groups is 1. The summed E-state index contributed by atoms with van der Waals surface area (Å²) in [5.41, 5.74) is 2.96. The van der Waals surface area contributed by atoms with Crippen LogP contribution >= 0.6 is 15.9 Å². The molecule has 0 aromatic heterocycles. The predicted molar refractivity (Wildman–Crippen MR) is 82.5 cm³/mol. The first kappa shape index (κ1) is 14.7. The molecule has 0 saturated carbocycles. The Labute approximate surface area is 131 Å². The van der Waals surface area contributed by atoms with Gasteiger partial charge in [0, 0.05) is 6.42 Å². The van der Waals surface area contributed by atoms with E-state index in [0.717, 1.165) is 12.0 Å². The molecule has 0 bridgehead atoms. The van der Waals surface area contributed by atoms with Gasteiger partial charge in [-0.2, -0.15) is 0 Å². The molecule has 0 aliphatic carbocycles. The summed E-state index contributed by atoms with van der Waals surface area (Å²) >= 11 is 3.12. The van der Waals surface area contributed by atoms with Crippen LogP contribution in [0.1, 0.15) is 35.3 Å². The van der Waals surface area contributed by atoms with Crippen molar-refractivity contribution in [2.24, 2.45) is 0 Å². The van der Waals surface area contributed by atoms with Crippen molar-refractivity contribution in [2.75, 3.05) is 6.61 Å². The SMILES string of the molecule is OC(CC1OCCc2ccccc21)c1ccc(Br)c(F)c1. The van der Waals surface area contributed by atoms with Gasteiger partial charge in [0.25, 0.3) is 0 Å². The molecule has 1 aliphatic heterocycles. The van der Waals surface area contributed by atoms with E-state index in [9.17, 15) is 9.50 Å². The minimum atomic E-state index is -0.747. The average molecular weight is 351 g/mol. The summed E-state index contributed by atoms with van der Waals surface area (Å²) in [6.07, 6.45) is 0.439. The van der Waals surface area contributed by atoms with Gasteiger partial charge in [-0.3, -0.25) is 0 Å². The number of rotatable bonds is 3. The van der Waals surface area contributed by atoms with Gasteiger partial charge in [0.15, 0.2) is 0 Å². The lowest BCUT2D eigenvalue weighted by Crippen LogP contribution is -2.18. The summed E-state index contributed by atoms with van der Waals surface area (Å²) in [4.78, 5) is 0.